The van der Waals surface area contributed by atoms with Crippen molar-refractivity contribution < 1.29 is 19.7 Å². The number of rotatable bonds is 1. The minimum Gasteiger partial charge on any atom is -0.508 e. The van der Waals surface area contributed by atoms with Crippen LogP contribution in [0.15, 0.2) is 45.6 Å². The molecule has 21 heavy (non-hydrogen) atoms. The summed E-state index contributed by atoms with van der Waals surface area (Å²) in [5, 5.41) is 29.5. The first-order valence-electron chi connectivity index (χ1n) is 6.26. The molecule has 0 unspecified atom stereocenters. The second-order valence-electron chi connectivity index (χ2n) is 4.81. The minimum atomic E-state index is -0.575. The predicted molar refractivity (Wildman–Crippen MR) is 77.7 cm³/mol. The molecule has 0 atom stereocenters. The summed E-state index contributed by atoms with van der Waals surface area (Å²) >= 11 is 0. The number of phenols is 2. The molecule has 2 aromatic carbocycles. The van der Waals surface area contributed by atoms with Gasteiger partial charge >= 0.3 is 0 Å². The molecule has 5 heteroatoms. The van der Waals surface area contributed by atoms with Crippen molar-refractivity contribution in [3.63, 3.8) is 0 Å². The highest BCUT2D eigenvalue weighted by atomic mass is 16.4. The average Bonchev–Trinajstić information content (AvgIpc) is 2.44. The molecule has 1 heterocycles. The Labute approximate surface area is 119 Å². The summed E-state index contributed by atoms with van der Waals surface area (Å²) in [6.07, 6.45) is 0. The van der Waals surface area contributed by atoms with E-state index in [1.165, 1.54) is 12.1 Å². The number of fused-ring (bicyclic) bond motifs is 1. The fraction of sp³-hybridized carbons (Fsp3) is 0.0625. The number of hydrogen-bond donors (Lipinski definition) is 3. The summed E-state index contributed by atoms with van der Waals surface area (Å²) in [4.78, 5) is 12.2. The zero-order chi connectivity index (χ0) is 15.1. The summed E-state index contributed by atoms with van der Waals surface area (Å²) in [6, 6.07) is 8.83. The van der Waals surface area contributed by atoms with Gasteiger partial charge in [-0.05, 0) is 31.2 Å². The molecule has 0 spiro atoms. The predicted octanol–water partition coefficient (Wildman–Crippen LogP) is 2.89. The Kier molecular flexibility index (Phi) is 2.83. The van der Waals surface area contributed by atoms with Crippen LogP contribution in [0.2, 0.25) is 0 Å². The SMILES string of the molecule is Cc1ccc2oc(-c3ccc(O)cc3O)c(O)c(=O)c2c1. The quantitative estimate of drug-likeness (QED) is 0.639. The third kappa shape index (κ3) is 2.08. The topological polar surface area (TPSA) is 90.9 Å². The van der Waals surface area contributed by atoms with Crippen molar-refractivity contribution in [3.8, 4) is 28.6 Å². The smallest absolute Gasteiger partial charge is 0.235 e. The Bertz CT molecular complexity index is 908. The summed E-state index contributed by atoms with van der Waals surface area (Å²) in [6.45, 7) is 1.83. The van der Waals surface area contributed by atoms with Crippen LogP contribution in [-0.2, 0) is 0 Å². The Morgan fingerprint density at radius 3 is 2.48 bits per heavy atom. The second-order valence-corrected chi connectivity index (χ2v) is 4.81. The van der Waals surface area contributed by atoms with E-state index in [9.17, 15) is 20.1 Å². The van der Waals surface area contributed by atoms with E-state index in [0.29, 0.717) is 5.58 Å². The van der Waals surface area contributed by atoms with Gasteiger partial charge in [0.2, 0.25) is 11.2 Å². The van der Waals surface area contributed by atoms with Crippen molar-refractivity contribution in [1.82, 2.24) is 0 Å². The van der Waals surface area contributed by atoms with E-state index < -0.39 is 11.2 Å². The first kappa shape index (κ1) is 13.1. The van der Waals surface area contributed by atoms with Crippen LogP contribution in [0, 0.1) is 6.92 Å². The molecule has 0 bridgehead atoms. The zero-order valence-corrected chi connectivity index (χ0v) is 11.1. The highest BCUT2D eigenvalue weighted by Crippen LogP contribution is 2.37. The van der Waals surface area contributed by atoms with E-state index in [1.807, 2.05) is 6.92 Å². The number of aromatic hydroxyl groups is 3. The molecule has 1 aromatic heterocycles. The van der Waals surface area contributed by atoms with Crippen molar-refractivity contribution >= 4 is 11.0 Å². The lowest BCUT2D eigenvalue weighted by atomic mass is 10.1. The molecule has 5 nitrogen and oxygen atoms in total. The summed E-state index contributed by atoms with van der Waals surface area (Å²) in [7, 11) is 0. The van der Waals surface area contributed by atoms with Gasteiger partial charge in [-0.15, -0.1) is 0 Å². The first-order valence-corrected chi connectivity index (χ1v) is 6.26. The lowest BCUT2D eigenvalue weighted by molar-refractivity contribution is 0.438. The largest absolute Gasteiger partial charge is 0.508 e. The molecular weight excluding hydrogens is 272 g/mol. The number of aryl methyl sites for hydroxylation is 1. The summed E-state index contributed by atoms with van der Waals surface area (Å²) < 4.78 is 5.54. The third-order valence-corrected chi connectivity index (χ3v) is 3.25. The molecule has 106 valence electrons. The van der Waals surface area contributed by atoms with E-state index in [-0.39, 0.29) is 28.2 Å². The molecule has 3 N–H and O–H groups in total. The molecule has 0 saturated carbocycles. The fourth-order valence-corrected chi connectivity index (χ4v) is 2.19. The van der Waals surface area contributed by atoms with Gasteiger partial charge in [0.25, 0.3) is 0 Å². The molecule has 0 saturated heterocycles. The van der Waals surface area contributed by atoms with E-state index in [0.717, 1.165) is 11.6 Å². The van der Waals surface area contributed by atoms with E-state index in [1.54, 1.807) is 18.2 Å². The molecule has 0 aliphatic rings. The van der Waals surface area contributed by atoms with E-state index in [4.69, 9.17) is 4.42 Å². The first-order chi connectivity index (χ1) is 9.97. The van der Waals surface area contributed by atoms with Crippen molar-refractivity contribution in [3.05, 3.63) is 52.2 Å². The summed E-state index contributed by atoms with van der Waals surface area (Å²) in [5.74, 6) is -1.13. The van der Waals surface area contributed by atoms with Crippen LogP contribution in [0.1, 0.15) is 5.56 Å². The van der Waals surface area contributed by atoms with Gasteiger partial charge in [-0.3, -0.25) is 4.79 Å². The second kappa shape index (κ2) is 4.56. The van der Waals surface area contributed by atoms with E-state index >= 15 is 0 Å². The highest BCUT2D eigenvalue weighted by Gasteiger charge is 2.18. The molecule has 3 aromatic rings. The van der Waals surface area contributed by atoms with Crippen LogP contribution in [0.5, 0.6) is 17.2 Å². The van der Waals surface area contributed by atoms with E-state index in [2.05, 4.69) is 0 Å². The Morgan fingerprint density at radius 1 is 1.00 bits per heavy atom. The highest BCUT2D eigenvalue weighted by molar-refractivity contribution is 5.83. The molecule has 3 rings (SSSR count). The van der Waals surface area contributed by atoms with Crippen LogP contribution in [0.4, 0.5) is 0 Å². The molecule has 0 aliphatic heterocycles. The van der Waals surface area contributed by atoms with Gasteiger partial charge in [0.1, 0.15) is 17.1 Å². The molecule has 0 radical (unpaired) electrons. The van der Waals surface area contributed by atoms with Crippen LogP contribution < -0.4 is 5.43 Å². The Morgan fingerprint density at radius 2 is 1.76 bits per heavy atom. The van der Waals surface area contributed by atoms with Crippen molar-refractivity contribution in [1.29, 1.82) is 0 Å². The Balaban J connectivity index is 2.36. The Hall–Kier alpha value is -2.95. The fourth-order valence-electron chi connectivity index (χ4n) is 2.19. The van der Waals surface area contributed by atoms with Crippen LogP contribution in [0.3, 0.4) is 0 Å². The van der Waals surface area contributed by atoms with Crippen molar-refractivity contribution in [2.75, 3.05) is 0 Å². The maximum Gasteiger partial charge on any atom is 0.235 e. The standard InChI is InChI=1S/C16H12O5/c1-8-2-5-13-11(6-8)14(19)15(20)16(21-13)10-4-3-9(17)7-12(10)18/h2-7,17-18,20H,1H3. The number of hydrogen-bond acceptors (Lipinski definition) is 5. The van der Waals surface area contributed by atoms with Gasteiger partial charge in [0.05, 0.1) is 10.9 Å². The van der Waals surface area contributed by atoms with Crippen LogP contribution in [-0.4, -0.2) is 15.3 Å². The maximum absolute atomic E-state index is 12.2. The monoisotopic (exact) mass is 284 g/mol. The van der Waals surface area contributed by atoms with Crippen LogP contribution in [0.25, 0.3) is 22.3 Å². The van der Waals surface area contributed by atoms with Gasteiger partial charge in [-0.25, -0.2) is 0 Å². The van der Waals surface area contributed by atoms with Gasteiger partial charge in [0, 0.05) is 6.07 Å². The molecular formula is C16H12O5. The summed E-state index contributed by atoms with van der Waals surface area (Å²) in [5.41, 5.74) is 0.743. The van der Waals surface area contributed by atoms with Crippen molar-refractivity contribution in [2.45, 2.75) is 6.92 Å². The number of phenolic OH excluding ortho intramolecular Hbond substituents is 2. The lowest BCUT2D eigenvalue weighted by Gasteiger charge is -2.08. The minimum absolute atomic E-state index is 0.130. The third-order valence-electron chi connectivity index (χ3n) is 3.25. The number of benzene rings is 2. The normalized spacial score (nSPS) is 10.9. The lowest BCUT2D eigenvalue weighted by Crippen LogP contribution is -2.02. The molecule has 0 aliphatic carbocycles. The van der Waals surface area contributed by atoms with Gasteiger partial charge in [-0.2, -0.15) is 0 Å². The molecule has 0 fully saturated rings. The van der Waals surface area contributed by atoms with Gasteiger partial charge < -0.3 is 19.7 Å². The van der Waals surface area contributed by atoms with Gasteiger partial charge in [0.15, 0.2) is 5.76 Å². The zero-order valence-electron chi connectivity index (χ0n) is 11.1. The average molecular weight is 284 g/mol. The maximum atomic E-state index is 12.2. The van der Waals surface area contributed by atoms with Crippen LogP contribution >= 0.6 is 0 Å². The van der Waals surface area contributed by atoms with Crippen molar-refractivity contribution in [2.24, 2.45) is 0 Å². The molecule has 0 amide bonds. The van der Waals surface area contributed by atoms with Gasteiger partial charge in [-0.1, -0.05) is 11.6 Å².